The molecule has 0 unspecified atom stereocenters. The molecule has 0 saturated carbocycles. The summed E-state index contributed by atoms with van der Waals surface area (Å²) in [6.45, 7) is 4.48. The molecule has 3 aromatic carbocycles. The van der Waals surface area contributed by atoms with Gasteiger partial charge in [0.1, 0.15) is 11.4 Å². The van der Waals surface area contributed by atoms with E-state index in [1.807, 2.05) is 67.6 Å². The highest BCUT2D eigenvalue weighted by Gasteiger charge is 2.14. The van der Waals surface area contributed by atoms with Crippen molar-refractivity contribution in [3.63, 3.8) is 0 Å². The van der Waals surface area contributed by atoms with E-state index >= 15 is 0 Å². The first-order valence-electron chi connectivity index (χ1n) is 10.8. The Hall–Kier alpha value is -4.19. The molecule has 0 aliphatic heterocycles. The van der Waals surface area contributed by atoms with Crippen LogP contribution < -0.4 is 15.5 Å². The van der Waals surface area contributed by atoms with Gasteiger partial charge in [0, 0.05) is 5.56 Å². The maximum atomic E-state index is 12.9. The van der Waals surface area contributed by atoms with Crippen LogP contribution >= 0.6 is 0 Å². The maximum Gasteiger partial charge on any atom is 0.287 e. The SMILES string of the molecule is CCCOc1ccc(/C=C(\NC(=O)c2ccccc2)C(=O)N/N=C(/C)c2ccccc2)cc1. The minimum Gasteiger partial charge on any atom is -0.494 e. The van der Waals surface area contributed by atoms with Crippen LogP contribution in [0, 0.1) is 0 Å². The lowest BCUT2D eigenvalue weighted by Crippen LogP contribution is -2.33. The van der Waals surface area contributed by atoms with Gasteiger partial charge in [-0.2, -0.15) is 5.10 Å². The van der Waals surface area contributed by atoms with Crippen molar-refractivity contribution in [2.45, 2.75) is 20.3 Å². The Balaban J connectivity index is 1.82. The minimum atomic E-state index is -0.527. The zero-order valence-electron chi connectivity index (χ0n) is 18.7. The minimum absolute atomic E-state index is 0.0793. The van der Waals surface area contributed by atoms with E-state index in [0.717, 1.165) is 23.3 Å². The van der Waals surface area contributed by atoms with Crippen molar-refractivity contribution in [3.8, 4) is 5.75 Å². The van der Waals surface area contributed by atoms with E-state index in [2.05, 4.69) is 15.8 Å². The maximum absolute atomic E-state index is 12.9. The van der Waals surface area contributed by atoms with E-state index in [9.17, 15) is 9.59 Å². The van der Waals surface area contributed by atoms with E-state index in [1.54, 1.807) is 37.3 Å². The van der Waals surface area contributed by atoms with Crippen LogP contribution in [-0.2, 0) is 4.79 Å². The third-order valence-corrected chi connectivity index (χ3v) is 4.71. The first-order valence-corrected chi connectivity index (χ1v) is 10.8. The Morgan fingerprint density at radius 1 is 0.879 bits per heavy atom. The summed E-state index contributed by atoms with van der Waals surface area (Å²) < 4.78 is 5.60. The predicted molar refractivity (Wildman–Crippen MR) is 131 cm³/mol. The monoisotopic (exact) mass is 441 g/mol. The highest BCUT2D eigenvalue weighted by molar-refractivity contribution is 6.06. The van der Waals surface area contributed by atoms with Crippen LogP contribution in [0.5, 0.6) is 5.75 Å². The van der Waals surface area contributed by atoms with Crippen LogP contribution in [-0.4, -0.2) is 24.1 Å². The molecule has 2 N–H and O–H groups in total. The van der Waals surface area contributed by atoms with Gasteiger partial charge in [-0.15, -0.1) is 0 Å². The van der Waals surface area contributed by atoms with Crippen LogP contribution in [0.2, 0.25) is 0 Å². The van der Waals surface area contributed by atoms with Crippen LogP contribution in [0.25, 0.3) is 6.08 Å². The number of carbonyl (C=O) groups is 2. The van der Waals surface area contributed by atoms with Crippen molar-refractivity contribution < 1.29 is 14.3 Å². The molecule has 0 heterocycles. The van der Waals surface area contributed by atoms with Gasteiger partial charge in [0.25, 0.3) is 11.8 Å². The summed E-state index contributed by atoms with van der Waals surface area (Å²) in [5.41, 5.74) is 5.34. The number of amides is 2. The molecule has 0 aliphatic carbocycles. The van der Waals surface area contributed by atoms with Crippen LogP contribution in [0.1, 0.15) is 41.8 Å². The average Bonchev–Trinajstić information content (AvgIpc) is 2.87. The summed E-state index contributed by atoms with van der Waals surface area (Å²) in [5.74, 6) is -0.166. The van der Waals surface area contributed by atoms with Crippen molar-refractivity contribution in [1.29, 1.82) is 0 Å². The molecule has 0 aromatic heterocycles. The van der Waals surface area contributed by atoms with Crippen molar-refractivity contribution in [2.24, 2.45) is 5.10 Å². The molecule has 0 spiro atoms. The lowest BCUT2D eigenvalue weighted by atomic mass is 10.1. The fourth-order valence-electron chi connectivity index (χ4n) is 2.93. The van der Waals surface area contributed by atoms with Crippen LogP contribution in [0.3, 0.4) is 0 Å². The highest BCUT2D eigenvalue weighted by atomic mass is 16.5. The molecule has 0 aliphatic rings. The van der Waals surface area contributed by atoms with Gasteiger partial charge in [0.2, 0.25) is 0 Å². The smallest absolute Gasteiger partial charge is 0.287 e. The van der Waals surface area contributed by atoms with Crippen molar-refractivity contribution in [3.05, 3.63) is 107 Å². The molecular weight excluding hydrogens is 414 g/mol. The summed E-state index contributed by atoms with van der Waals surface area (Å²) in [4.78, 5) is 25.6. The number of hydrogen-bond acceptors (Lipinski definition) is 4. The predicted octanol–water partition coefficient (Wildman–Crippen LogP) is 4.79. The fraction of sp³-hybridized carbons (Fsp3) is 0.148. The van der Waals surface area contributed by atoms with E-state index in [-0.39, 0.29) is 11.6 Å². The molecule has 3 rings (SSSR count). The number of carbonyl (C=O) groups excluding carboxylic acids is 2. The normalized spacial score (nSPS) is 11.6. The van der Waals surface area contributed by atoms with Gasteiger partial charge in [0.15, 0.2) is 0 Å². The topological polar surface area (TPSA) is 79.8 Å². The fourth-order valence-corrected chi connectivity index (χ4v) is 2.93. The van der Waals surface area contributed by atoms with Gasteiger partial charge in [-0.25, -0.2) is 5.43 Å². The lowest BCUT2D eigenvalue weighted by molar-refractivity contribution is -0.117. The van der Waals surface area contributed by atoms with Gasteiger partial charge in [-0.3, -0.25) is 9.59 Å². The van der Waals surface area contributed by atoms with Gasteiger partial charge >= 0.3 is 0 Å². The Kier molecular flexibility index (Phi) is 8.54. The van der Waals surface area contributed by atoms with Gasteiger partial charge in [-0.05, 0) is 54.8 Å². The lowest BCUT2D eigenvalue weighted by Gasteiger charge is -2.10. The molecule has 33 heavy (non-hydrogen) atoms. The first-order chi connectivity index (χ1) is 16.1. The summed E-state index contributed by atoms with van der Waals surface area (Å²) in [5, 5.41) is 6.89. The third-order valence-electron chi connectivity index (χ3n) is 4.71. The number of hydrogen-bond donors (Lipinski definition) is 2. The Bertz CT molecular complexity index is 1120. The van der Waals surface area contributed by atoms with Crippen LogP contribution in [0.4, 0.5) is 0 Å². The summed E-state index contributed by atoms with van der Waals surface area (Å²) in [7, 11) is 0. The van der Waals surface area contributed by atoms with Crippen molar-refractivity contribution in [2.75, 3.05) is 6.61 Å². The molecule has 0 fully saturated rings. The molecule has 6 heteroatoms. The number of ether oxygens (including phenoxy) is 1. The number of nitrogens with one attached hydrogen (secondary N) is 2. The van der Waals surface area contributed by atoms with E-state index < -0.39 is 5.91 Å². The van der Waals surface area contributed by atoms with Gasteiger partial charge < -0.3 is 10.1 Å². The molecule has 0 bridgehead atoms. The quantitative estimate of drug-likeness (QED) is 0.285. The largest absolute Gasteiger partial charge is 0.494 e. The second-order valence-corrected chi connectivity index (χ2v) is 7.30. The van der Waals surface area contributed by atoms with Gasteiger partial charge in [0.05, 0.1) is 12.3 Å². The molecule has 0 saturated heterocycles. The first kappa shape index (κ1) is 23.5. The second kappa shape index (κ2) is 12.0. The summed E-state index contributed by atoms with van der Waals surface area (Å²) in [6, 6.07) is 25.5. The summed E-state index contributed by atoms with van der Waals surface area (Å²) in [6.07, 6.45) is 2.52. The third kappa shape index (κ3) is 7.18. The number of nitrogens with zero attached hydrogens (tertiary/aromatic N) is 1. The zero-order chi connectivity index (χ0) is 23.5. The molecule has 0 radical (unpaired) electrons. The van der Waals surface area contributed by atoms with Crippen LogP contribution in [0.15, 0.2) is 95.7 Å². The van der Waals surface area contributed by atoms with Crippen molar-refractivity contribution in [1.82, 2.24) is 10.7 Å². The molecular formula is C27H27N3O3. The number of benzene rings is 3. The Labute approximate surface area is 194 Å². The van der Waals surface area contributed by atoms with E-state index in [1.165, 1.54) is 0 Å². The second-order valence-electron chi connectivity index (χ2n) is 7.30. The molecule has 6 nitrogen and oxygen atoms in total. The van der Waals surface area contributed by atoms with E-state index in [4.69, 9.17) is 4.74 Å². The molecule has 168 valence electrons. The Morgan fingerprint density at radius 3 is 2.09 bits per heavy atom. The Morgan fingerprint density at radius 2 is 1.48 bits per heavy atom. The summed E-state index contributed by atoms with van der Waals surface area (Å²) >= 11 is 0. The average molecular weight is 442 g/mol. The molecule has 2 amide bonds. The number of rotatable bonds is 9. The number of hydrazone groups is 1. The highest BCUT2D eigenvalue weighted by Crippen LogP contribution is 2.15. The van der Waals surface area contributed by atoms with Crippen molar-refractivity contribution >= 4 is 23.6 Å². The molecule has 0 atom stereocenters. The molecule has 3 aromatic rings. The van der Waals surface area contributed by atoms with E-state index in [0.29, 0.717) is 17.9 Å². The zero-order valence-corrected chi connectivity index (χ0v) is 18.7. The standard InChI is InChI=1S/C27H27N3O3/c1-3-18-33-24-16-14-21(15-17-24)19-25(28-26(31)23-12-8-5-9-13-23)27(32)30-29-20(2)22-10-6-4-7-11-22/h4-17,19H,3,18H2,1-2H3,(H,28,31)(H,30,32)/b25-19-,29-20-. The van der Waals surface area contributed by atoms with Gasteiger partial charge in [-0.1, -0.05) is 67.6 Å².